The summed E-state index contributed by atoms with van der Waals surface area (Å²) in [6, 6.07) is 0. The Morgan fingerprint density at radius 2 is 2.33 bits per heavy atom. The summed E-state index contributed by atoms with van der Waals surface area (Å²) in [4.78, 5) is 0. The highest BCUT2D eigenvalue weighted by Crippen LogP contribution is 1.93. The first kappa shape index (κ1) is 5.54. The van der Waals surface area contributed by atoms with Crippen molar-refractivity contribution in [2.45, 2.75) is 20.3 Å². The van der Waals surface area contributed by atoms with Gasteiger partial charge in [0.05, 0.1) is 0 Å². The summed E-state index contributed by atoms with van der Waals surface area (Å²) in [6.45, 7) is 3.79. The summed E-state index contributed by atoms with van der Waals surface area (Å²) in [5, 5.41) is 9.70. The van der Waals surface area contributed by atoms with Crippen LogP contribution in [0.15, 0.2) is 11.8 Å². The molecule has 0 saturated heterocycles. The Kier molecular flexibility index (Phi) is 2.55. The molecule has 0 aromatic heterocycles. The molecule has 35 valence electrons. The zero-order chi connectivity index (χ0) is 4.99. The van der Waals surface area contributed by atoms with Gasteiger partial charge in [-0.1, -0.05) is 6.92 Å². The fourth-order valence-electron chi connectivity index (χ4n) is 0.0833. The summed E-state index contributed by atoms with van der Waals surface area (Å²) in [6.07, 6.45) is 1.77. The van der Waals surface area contributed by atoms with Gasteiger partial charge in [0.15, 0.2) is 0 Å². The topological polar surface area (TPSA) is 19.9 Å². The summed E-state index contributed by atoms with van der Waals surface area (Å²) in [7, 11) is 0. The Morgan fingerprint density at radius 3 is 2.33 bits per heavy atom. The van der Waals surface area contributed by atoms with E-state index in [9.17, 15) is 5.11 Å². The van der Waals surface area contributed by atoms with Gasteiger partial charge < -0.3 is 0 Å². The van der Waals surface area contributed by atoms with Crippen LogP contribution in [-0.2, 0) is 5.11 Å². The molecule has 0 spiro atoms. The fraction of sp³-hybridized carbons (Fsp3) is 0.600. The standard InChI is InChI=1S/C5H9O/c1-3-5(2)4-6/h4H,3H2,1-2H3/b5-4-. The van der Waals surface area contributed by atoms with E-state index in [2.05, 4.69) is 0 Å². The molecule has 0 aliphatic carbocycles. The number of rotatable bonds is 1. The van der Waals surface area contributed by atoms with Crippen LogP contribution in [0.3, 0.4) is 0 Å². The molecule has 0 saturated carbocycles. The monoisotopic (exact) mass is 85.1 g/mol. The highest BCUT2D eigenvalue weighted by atomic mass is 16.2. The lowest BCUT2D eigenvalue weighted by atomic mass is 10.3. The third-order valence-electron chi connectivity index (χ3n) is 0.759. The van der Waals surface area contributed by atoms with Crippen molar-refractivity contribution >= 4 is 0 Å². The molecule has 0 rings (SSSR count). The molecule has 0 aromatic rings. The number of allylic oxidation sites excluding steroid dienone is 1. The lowest BCUT2D eigenvalue weighted by molar-refractivity contribution is 0.345. The zero-order valence-corrected chi connectivity index (χ0v) is 4.19. The van der Waals surface area contributed by atoms with Gasteiger partial charge in [-0.05, 0) is 18.9 Å². The molecule has 0 heterocycles. The minimum absolute atomic E-state index is 0.878. The summed E-state index contributed by atoms with van der Waals surface area (Å²) >= 11 is 0. The van der Waals surface area contributed by atoms with Crippen molar-refractivity contribution in [1.82, 2.24) is 0 Å². The predicted octanol–water partition coefficient (Wildman–Crippen LogP) is 1.73. The minimum atomic E-state index is 0.878. The Labute approximate surface area is 38.3 Å². The van der Waals surface area contributed by atoms with Crippen molar-refractivity contribution in [3.05, 3.63) is 11.8 Å². The smallest absolute Gasteiger partial charge is 0.141 e. The highest BCUT2D eigenvalue weighted by Gasteiger charge is 1.77. The van der Waals surface area contributed by atoms with E-state index in [0.717, 1.165) is 18.3 Å². The van der Waals surface area contributed by atoms with Crippen molar-refractivity contribution in [1.29, 1.82) is 0 Å². The van der Waals surface area contributed by atoms with Crippen molar-refractivity contribution in [3.8, 4) is 0 Å². The molecule has 0 unspecified atom stereocenters. The number of hydrogen-bond acceptors (Lipinski definition) is 0. The fourth-order valence-corrected chi connectivity index (χ4v) is 0.0833. The van der Waals surface area contributed by atoms with Gasteiger partial charge in [-0.2, -0.15) is 0 Å². The average Bonchev–Trinajstić information content (AvgIpc) is 1.65. The molecule has 1 radical (unpaired) electrons. The first-order chi connectivity index (χ1) is 2.81. The van der Waals surface area contributed by atoms with Gasteiger partial charge in [-0.15, -0.1) is 0 Å². The molecule has 1 heteroatoms. The van der Waals surface area contributed by atoms with E-state index in [1.54, 1.807) is 0 Å². The Hall–Kier alpha value is -0.460. The summed E-state index contributed by atoms with van der Waals surface area (Å²) < 4.78 is 0. The van der Waals surface area contributed by atoms with Crippen molar-refractivity contribution in [3.63, 3.8) is 0 Å². The van der Waals surface area contributed by atoms with Crippen molar-refractivity contribution in [2.24, 2.45) is 0 Å². The first-order valence-corrected chi connectivity index (χ1v) is 2.09. The SMILES string of the molecule is CC/C(C)=C\[O]. The predicted molar refractivity (Wildman–Crippen MR) is 24.7 cm³/mol. The molecule has 0 aromatic carbocycles. The Bertz CT molecular complexity index is 55.0. The van der Waals surface area contributed by atoms with Crippen LogP contribution in [0.25, 0.3) is 0 Å². The van der Waals surface area contributed by atoms with E-state index >= 15 is 0 Å². The van der Waals surface area contributed by atoms with E-state index < -0.39 is 0 Å². The average molecular weight is 85.1 g/mol. The van der Waals surface area contributed by atoms with E-state index in [-0.39, 0.29) is 0 Å². The zero-order valence-electron chi connectivity index (χ0n) is 4.19. The highest BCUT2D eigenvalue weighted by molar-refractivity contribution is 4.89. The van der Waals surface area contributed by atoms with Crippen LogP contribution in [0, 0.1) is 0 Å². The van der Waals surface area contributed by atoms with E-state index in [1.807, 2.05) is 13.8 Å². The third-order valence-corrected chi connectivity index (χ3v) is 0.759. The maximum Gasteiger partial charge on any atom is 0.141 e. The molecule has 1 nitrogen and oxygen atoms in total. The second kappa shape index (κ2) is 2.76. The molecule has 0 N–H and O–H groups in total. The van der Waals surface area contributed by atoms with Crippen LogP contribution in [0.4, 0.5) is 0 Å². The van der Waals surface area contributed by atoms with Gasteiger partial charge >= 0.3 is 0 Å². The molecular formula is C5H9O. The molecule has 6 heavy (non-hydrogen) atoms. The van der Waals surface area contributed by atoms with Crippen molar-refractivity contribution in [2.75, 3.05) is 0 Å². The van der Waals surface area contributed by atoms with Crippen LogP contribution < -0.4 is 0 Å². The molecule has 0 aliphatic heterocycles. The summed E-state index contributed by atoms with van der Waals surface area (Å²) in [5.74, 6) is 0. The molecule has 0 amide bonds. The largest absolute Gasteiger partial charge is 0.299 e. The lowest BCUT2D eigenvalue weighted by Gasteiger charge is -1.81. The van der Waals surface area contributed by atoms with Crippen LogP contribution in [0.5, 0.6) is 0 Å². The van der Waals surface area contributed by atoms with Gasteiger partial charge in [-0.3, -0.25) is 5.11 Å². The second-order valence-electron chi connectivity index (χ2n) is 1.32. The van der Waals surface area contributed by atoms with Gasteiger partial charge in [0, 0.05) is 0 Å². The molecule has 0 aliphatic rings. The van der Waals surface area contributed by atoms with E-state index in [1.165, 1.54) is 0 Å². The van der Waals surface area contributed by atoms with Crippen molar-refractivity contribution < 1.29 is 5.11 Å². The third kappa shape index (κ3) is 1.82. The molecule has 0 bridgehead atoms. The Balaban J connectivity index is 3.22. The minimum Gasteiger partial charge on any atom is -0.299 e. The number of hydrogen-bond donors (Lipinski definition) is 0. The first-order valence-electron chi connectivity index (χ1n) is 2.09. The molecule has 0 atom stereocenters. The lowest BCUT2D eigenvalue weighted by Crippen LogP contribution is -1.65. The van der Waals surface area contributed by atoms with Gasteiger partial charge in [0.1, 0.15) is 6.26 Å². The quantitative estimate of drug-likeness (QED) is 0.432. The van der Waals surface area contributed by atoms with Gasteiger partial charge in [-0.25, -0.2) is 0 Å². The van der Waals surface area contributed by atoms with E-state index in [0.29, 0.717) is 0 Å². The normalized spacial score (nSPS) is 12.0. The second-order valence-corrected chi connectivity index (χ2v) is 1.32. The van der Waals surface area contributed by atoms with Crippen LogP contribution in [0.1, 0.15) is 20.3 Å². The molecular weight excluding hydrogens is 76.1 g/mol. The Morgan fingerprint density at radius 1 is 1.83 bits per heavy atom. The maximum atomic E-state index is 9.70. The summed E-state index contributed by atoms with van der Waals surface area (Å²) in [5.41, 5.74) is 0.912. The van der Waals surface area contributed by atoms with Gasteiger partial charge in [0.25, 0.3) is 0 Å². The van der Waals surface area contributed by atoms with Crippen LogP contribution in [-0.4, -0.2) is 0 Å². The van der Waals surface area contributed by atoms with E-state index in [4.69, 9.17) is 0 Å². The van der Waals surface area contributed by atoms with Gasteiger partial charge in [0.2, 0.25) is 0 Å². The maximum absolute atomic E-state index is 9.70. The van der Waals surface area contributed by atoms with Crippen LogP contribution >= 0.6 is 0 Å². The molecule has 0 fully saturated rings. The van der Waals surface area contributed by atoms with Crippen LogP contribution in [0.2, 0.25) is 0 Å².